The largest absolute Gasteiger partial charge is 0.456 e. The lowest BCUT2D eigenvalue weighted by atomic mass is 9.94. The summed E-state index contributed by atoms with van der Waals surface area (Å²) in [5, 5.41) is 6.36. The number of hydrogen-bond acceptors (Lipinski definition) is 5. The number of fused-ring (bicyclic) bond motifs is 9. The summed E-state index contributed by atoms with van der Waals surface area (Å²) in [4.78, 5) is 15.8. The molecule has 0 N–H and O–H groups in total. The standard InChI is InChI=1S/C57H34N4O2/c1-4-16-35(17-5-1)38-30-31-40-39-22-10-12-26-45(39)61(46(40)34-38)54-44(57-59-55(36-18-6-2-7-19-36)58-56(60-57)37-20-8-3-9-21-37)32-33-50-53(54)52-42(25-15-29-49(52)63-50)41-24-14-28-48-51(41)43-23-11-13-27-47(43)62-48/h1-34H. The summed E-state index contributed by atoms with van der Waals surface area (Å²) in [6.45, 7) is 0. The minimum absolute atomic E-state index is 0.555. The molecule has 0 radical (unpaired) electrons. The number of aromatic nitrogens is 4. The van der Waals surface area contributed by atoms with Gasteiger partial charge in [-0.2, -0.15) is 0 Å². The highest BCUT2D eigenvalue weighted by molar-refractivity contribution is 6.23. The highest BCUT2D eigenvalue weighted by Crippen LogP contribution is 2.48. The van der Waals surface area contributed by atoms with Crippen molar-refractivity contribution in [1.82, 2.24) is 19.5 Å². The smallest absolute Gasteiger partial charge is 0.166 e. The summed E-state index contributed by atoms with van der Waals surface area (Å²) in [7, 11) is 0. The maximum atomic E-state index is 6.94. The van der Waals surface area contributed by atoms with Gasteiger partial charge in [0.05, 0.1) is 22.1 Å². The van der Waals surface area contributed by atoms with Crippen molar-refractivity contribution in [2.75, 3.05) is 0 Å². The summed E-state index contributed by atoms with van der Waals surface area (Å²) in [6.07, 6.45) is 0. The average Bonchev–Trinajstić information content (AvgIpc) is 4.04. The van der Waals surface area contributed by atoms with Gasteiger partial charge < -0.3 is 13.4 Å². The van der Waals surface area contributed by atoms with Crippen molar-refractivity contribution < 1.29 is 8.83 Å². The van der Waals surface area contributed by atoms with Crippen LogP contribution in [0.15, 0.2) is 215 Å². The van der Waals surface area contributed by atoms with Gasteiger partial charge in [-0.05, 0) is 64.7 Å². The summed E-state index contributed by atoms with van der Waals surface area (Å²) in [5.74, 6) is 1.74. The van der Waals surface area contributed by atoms with Crippen LogP contribution in [-0.2, 0) is 0 Å². The second kappa shape index (κ2) is 14.0. The molecule has 0 saturated carbocycles. The number of furan rings is 2. The Morgan fingerprint density at radius 3 is 1.54 bits per heavy atom. The van der Waals surface area contributed by atoms with Crippen molar-refractivity contribution in [3.05, 3.63) is 206 Å². The zero-order chi connectivity index (χ0) is 41.4. The van der Waals surface area contributed by atoms with E-state index in [1.165, 1.54) is 0 Å². The fourth-order valence-corrected chi connectivity index (χ4v) is 9.48. The lowest BCUT2D eigenvalue weighted by Crippen LogP contribution is -2.04. The zero-order valence-corrected chi connectivity index (χ0v) is 33.7. The van der Waals surface area contributed by atoms with Gasteiger partial charge in [-0.25, -0.2) is 15.0 Å². The molecule has 6 nitrogen and oxygen atoms in total. The third-order valence-electron chi connectivity index (χ3n) is 12.3. The van der Waals surface area contributed by atoms with Crippen molar-refractivity contribution >= 4 is 65.7 Å². The van der Waals surface area contributed by atoms with E-state index in [2.05, 4.69) is 132 Å². The topological polar surface area (TPSA) is 69.9 Å². The Labute approximate surface area is 361 Å². The summed E-state index contributed by atoms with van der Waals surface area (Å²) >= 11 is 0. The van der Waals surface area contributed by atoms with E-state index in [0.29, 0.717) is 17.5 Å². The van der Waals surface area contributed by atoms with Crippen molar-refractivity contribution in [3.8, 4) is 62.1 Å². The van der Waals surface area contributed by atoms with Gasteiger partial charge in [-0.3, -0.25) is 0 Å². The highest BCUT2D eigenvalue weighted by atomic mass is 16.3. The fourth-order valence-electron chi connectivity index (χ4n) is 9.48. The van der Waals surface area contributed by atoms with Gasteiger partial charge in [-0.15, -0.1) is 0 Å². The van der Waals surface area contributed by atoms with Crippen LogP contribution >= 0.6 is 0 Å². The van der Waals surface area contributed by atoms with E-state index >= 15 is 0 Å². The molecule has 0 aliphatic heterocycles. The molecule has 0 fully saturated rings. The lowest BCUT2D eigenvalue weighted by Gasteiger charge is -2.17. The van der Waals surface area contributed by atoms with Crippen LogP contribution < -0.4 is 0 Å². The van der Waals surface area contributed by atoms with E-state index in [9.17, 15) is 0 Å². The highest BCUT2D eigenvalue weighted by Gasteiger charge is 2.26. The molecule has 0 aliphatic rings. The maximum absolute atomic E-state index is 6.94. The average molecular weight is 807 g/mol. The molecule has 0 bridgehead atoms. The monoisotopic (exact) mass is 806 g/mol. The second-order valence-corrected chi connectivity index (χ2v) is 15.9. The third-order valence-corrected chi connectivity index (χ3v) is 12.3. The van der Waals surface area contributed by atoms with Gasteiger partial charge in [0, 0.05) is 43.6 Å². The minimum atomic E-state index is 0.555. The van der Waals surface area contributed by atoms with Crippen molar-refractivity contribution in [1.29, 1.82) is 0 Å². The van der Waals surface area contributed by atoms with E-state index in [0.717, 1.165) is 110 Å². The van der Waals surface area contributed by atoms with Crippen LogP contribution in [0.3, 0.4) is 0 Å². The first-order valence-electron chi connectivity index (χ1n) is 21.1. The fraction of sp³-hybridized carbons (Fsp3) is 0. The number of nitrogens with zero attached hydrogens (tertiary/aromatic N) is 4. The summed E-state index contributed by atoms with van der Waals surface area (Å²) in [6, 6.07) is 71.4. The lowest BCUT2D eigenvalue weighted by molar-refractivity contribution is 0.668. The molecule has 0 atom stereocenters. The number of para-hydroxylation sites is 2. The molecule has 13 aromatic rings. The van der Waals surface area contributed by atoms with Crippen LogP contribution in [0.5, 0.6) is 0 Å². The van der Waals surface area contributed by atoms with E-state index in [1.54, 1.807) is 0 Å². The van der Waals surface area contributed by atoms with E-state index in [4.69, 9.17) is 23.8 Å². The molecule has 0 amide bonds. The molecule has 13 rings (SSSR count). The Kier molecular flexibility index (Phi) is 7.80. The molecule has 0 unspecified atom stereocenters. The van der Waals surface area contributed by atoms with Gasteiger partial charge in [-0.1, -0.05) is 164 Å². The summed E-state index contributed by atoms with van der Waals surface area (Å²) < 4.78 is 15.8. The van der Waals surface area contributed by atoms with Gasteiger partial charge in [0.1, 0.15) is 22.3 Å². The first kappa shape index (κ1) is 35.2. The van der Waals surface area contributed by atoms with Crippen LogP contribution in [0, 0.1) is 0 Å². The first-order valence-corrected chi connectivity index (χ1v) is 21.1. The zero-order valence-electron chi connectivity index (χ0n) is 33.7. The van der Waals surface area contributed by atoms with Gasteiger partial charge in [0.25, 0.3) is 0 Å². The van der Waals surface area contributed by atoms with Crippen LogP contribution in [0.25, 0.3) is 128 Å². The van der Waals surface area contributed by atoms with Crippen LogP contribution in [0.1, 0.15) is 0 Å². The van der Waals surface area contributed by atoms with Gasteiger partial charge in [0.15, 0.2) is 17.5 Å². The Balaban J connectivity index is 1.21. The second-order valence-electron chi connectivity index (χ2n) is 15.9. The van der Waals surface area contributed by atoms with Crippen LogP contribution in [-0.4, -0.2) is 19.5 Å². The Morgan fingerprint density at radius 1 is 0.302 bits per heavy atom. The minimum Gasteiger partial charge on any atom is -0.456 e. The Hall–Kier alpha value is -8.61. The third kappa shape index (κ3) is 5.55. The number of benzene rings is 9. The van der Waals surface area contributed by atoms with E-state index in [1.807, 2.05) is 78.9 Å². The first-order chi connectivity index (χ1) is 31.2. The molecule has 63 heavy (non-hydrogen) atoms. The quantitative estimate of drug-likeness (QED) is 0.167. The SMILES string of the molecule is c1ccc(-c2ccc3c4ccccc4n(-c4c(-c5nc(-c6ccccc6)nc(-c6ccccc6)n5)ccc5oc6cccc(-c7cccc8oc9ccccc9c78)c6c45)c3c2)cc1. The predicted molar refractivity (Wildman–Crippen MR) is 256 cm³/mol. The number of rotatable bonds is 6. The van der Waals surface area contributed by atoms with Crippen molar-refractivity contribution in [2.24, 2.45) is 0 Å². The number of hydrogen-bond donors (Lipinski definition) is 0. The van der Waals surface area contributed by atoms with E-state index in [-0.39, 0.29) is 0 Å². The van der Waals surface area contributed by atoms with Crippen molar-refractivity contribution in [2.45, 2.75) is 0 Å². The molecule has 9 aromatic carbocycles. The van der Waals surface area contributed by atoms with Crippen molar-refractivity contribution in [3.63, 3.8) is 0 Å². The van der Waals surface area contributed by atoms with Gasteiger partial charge >= 0.3 is 0 Å². The molecule has 0 spiro atoms. The molecule has 4 aromatic heterocycles. The maximum Gasteiger partial charge on any atom is 0.166 e. The molecule has 0 saturated heterocycles. The Morgan fingerprint density at radius 2 is 0.825 bits per heavy atom. The molecule has 0 aliphatic carbocycles. The van der Waals surface area contributed by atoms with Crippen LogP contribution in [0.4, 0.5) is 0 Å². The molecular weight excluding hydrogens is 773 g/mol. The normalized spacial score (nSPS) is 11.8. The molecular formula is C57H34N4O2. The molecule has 4 heterocycles. The predicted octanol–water partition coefficient (Wildman–Crippen LogP) is 15.1. The van der Waals surface area contributed by atoms with Crippen LogP contribution in [0.2, 0.25) is 0 Å². The summed E-state index contributed by atoms with van der Waals surface area (Å²) in [5.41, 5.74) is 13.3. The van der Waals surface area contributed by atoms with Gasteiger partial charge in [0.2, 0.25) is 0 Å². The van der Waals surface area contributed by atoms with E-state index < -0.39 is 0 Å². The Bertz CT molecular complexity index is 3850. The molecule has 294 valence electrons. The molecule has 6 heteroatoms.